The van der Waals surface area contributed by atoms with Gasteiger partial charge >= 0.3 is 6.18 Å². The molecule has 0 spiro atoms. The van der Waals surface area contributed by atoms with E-state index in [1.165, 1.54) is 18.2 Å². The Balaban J connectivity index is 2.49. The normalized spacial score (nSPS) is 11.5. The molecule has 0 atom stereocenters. The summed E-state index contributed by atoms with van der Waals surface area (Å²) in [6, 6.07) is 6.48. The Hall–Kier alpha value is -1.89. The minimum Gasteiger partial charge on any atom is -0.398 e. The third kappa shape index (κ3) is 3.24. The maximum atomic E-state index is 13.2. The highest BCUT2D eigenvalue weighted by atomic mass is 79.9. The Bertz CT molecular complexity index is 713. The van der Waals surface area contributed by atoms with Gasteiger partial charge in [-0.25, -0.2) is 4.39 Å². The lowest BCUT2D eigenvalue weighted by Crippen LogP contribution is -2.11. The first kappa shape index (κ1) is 15.5. The predicted octanol–water partition coefficient (Wildman–Crippen LogP) is 4.42. The largest absolute Gasteiger partial charge is 0.419 e. The van der Waals surface area contributed by atoms with Crippen LogP contribution in [0, 0.1) is 5.82 Å². The molecule has 2 nitrogen and oxygen atoms in total. The highest BCUT2D eigenvalue weighted by Crippen LogP contribution is 2.32. The van der Waals surface area contributed by atoms with Crippen molar-refractivity contribution in [2.75, 3.05) is 5.73 Å². The van der Waals surface area contributed by atoms with Crippen LogP contribution >= 0.6 is 15.9 Å². The number of nitrogens with two attached hydrogens (primary N) is 1. The topological polar surface area (TPSA) is 43.1 Å². The van der Waals surface area contributed by atoms with Gasteiger partial charge in [-0.2, -0.15) is 13.2 Å². The minimum atomic E-state index is -4.87. The molecule has 0 aliphatic rings. The van der Waals surface area contributed by atoms with Crippen LogP contribution in [0.4, 0.5) is 23.2 Å². The molecule has 0 heterocycles. The van der Waals surface area contributed by atoms with Gasteiger partial charge in [-0.15, -0.1) is 0 Å². The number of carbonyl (C=O) groups is 1. The molecule has 7 heteroatoms. The number of hydrogen-bond donors (Lipinski definition) is 1. The van der Waals surface area contributed by atoms with E-state index >= 15 is 0 Å². The molecule has 21 heavy (non-hydrogen) atoms. The molecule has 2 N–H and O–H groups in total. The van der Waals surface area contributed by atoms with Gasteiger partial charge in [-0.05, 0) is 36.4 Å². The number of benzene rings is 2. The summed E-state index contributed by atoms with van der Waals surface area (Å²) < 4.78 is 51.8. The van der Waals surface area contributed by atoms with Crippen molar-refractivity contribution >= 4 is 27.4 Å². The third-order valence-corrected chi connectivity index (χ3v) is 3.29. The Morgan fingerprint density at radius 2 is 1.76 bits per heavy atom. The summed E-state index contributed by atoms with van der Waals surface area (Å²) in [6.07, 6.45) is -4.87. The molecule has 110 valence electrons. The fourth-order valence-electron chi connectivity index (χ4n) is 1.78. The molecular weight excluding hydrogens is 354 g/mol. The molecule has 0 amide bonds. The maximum absolute atomic E-state index is 13.2. The number of anilines is 1. The van der Waals surface area contributed by atoms with E-state index in [9.17, 15) is 22.4 Å². The van der Waals surface area contributed by atoms with Crippen LogP contribution in [0.15, 0.2) is 40.9 Å². The van der Waals surface area contributed by atoms with E-state index in [4.69, 9.17) is 5.73 Å². The first-order chi connectivity index (χ1) is 9.70. The molecule has 0 fully saturated rings. The van der Waals surface area contributed by atoms with Crippen LogP contribution in [0.25, 0.3) is 0 Å². The second-order valence-electron chi connectivity index (χ2n) is 4.25. The fourth-order valence-corrected chi connectivity index (χ4v) is 2.16. The number of halogens is 5. The van der Waals surface area contributed by atoms with Crippen molar-refractivity contribution in [3.63, 3.8) is 0 Å². The van der Waals surface area contributed by atoms with Crippen LogP contribution in [-0.2, 0) is 6.18 Å². The SMILES string of the molecule is Nc1cc(Br)ccc1C(=O)c1ccc(F)c(C(F)(F)F)c1. The highest BCUT2D eigenvalue weighted by Gasteiger charge is 2.34. The molecule has 0 unspecified atom stereocenters. The van der Waals surface area contributed by atoms with E-state index < -0.39 is 23.3 Å². The summed E-state index contributed by atoms with van der Waals surface area (Å²) in [7, 11) is 0. The van der Waals surface area contributed by atoms with E-state index in [1.54, 1.807) is 0 Å². The van der Waals surface area contributed by atoms with Crippen molar-refractivity contribution < 1.29 is 22.4 Å². The molecule has 0 aliphatic carbocycles. The van der Waals surface area contributed by atoms with E-state index in [0.717, 1.165) is 6.07 Å². The van der Waals surface area contributed by atoms with Crippen molar-refractivity contribution in [3.05, 3.63) is 63.4 Å². The molecule has 0 aromatic heterocycles. The third-order valence-electron chi connectivity index (χ3n) is 2.79. The van der Waals surface area contributed by atoms with Gasteiger partial charge in [-0.3, -0.25) is 4.79 Å². The van der Waals surface area contributed by atoms with Crippen molar-refractivity contribution in [3.8, 4) is 0 Å². The Morgan fingerprint density at radius 1 is 1.10 bits per heavy atom. The molecular formula is C14H8BrF4NO. The van der Waals surface area contributed by atoms with Crippen LogP contribution < -0.4 is 5.73 Å². The van der Waals surface area contributed by atoms with Gasteiger partial charge in [0.1, 0.15) is 5.82 Å². The van der Waals surface area contributed by atoms with Gasteiger partial charge in [0.15, 0.2) is 5.78 Å². The molecule has 0 bridgehead atoms. The van der Waals surface area contributed by atoms with Crippen molar-refractivity contribution in [1.29, 1.82) is 0 Å². The molecule has 2 rings (SSSR count). The van der Waals surface area contributed by atoms with Crippen LogP contribution in [0.2, 0.25) is 0 Å². The lowest BCUT2D eigenvalue weighted by Gasteiger charge is -2.10. The van der Waals surface area contributed by atoms with E-state index in [-0.39, 0.29) is 16.8 Å². The number of ketones is 1. The molecule has 0 saturated heterocycles. The number of nitrogen functional groups attached to an aromatic ring is 1. The van der Waals surface area contributed by atoms with Gasteiger partial charge in [0.2, 0.25) is 0 Å². The zero-order valence-corrected chi connectivity index (χ0v) is 11.9. The molecule has 0 aliphatic heterocycles. The van der Waals surface area contributed by atoms with Crippen LogP contribution in [0.3, 0.4) is 0 Å². The zero-order valence-electron chi connectivity index (χ0n) is 10.3. The monoisotopic (exact) mass is 361 g/mol. The standard InChI is InChI=1S/C14H8BrF4NO/c15-8-2-3-9(12(20)6-8)13(21)7-1-4-11(16)10(5-7)14(17,18)19/h1-6H,20H2. The van der Waals surface area contributed by atoms with Gasteiger partial charge in [0.05, 0.1) is 5.56 Å². The summed E-state index contributed by atoms with van der Waals surface area (Å²) in [5.41, 5.74) is 4.08. The van der Waals surface area contributed by atoms with Gasteiger partial charge in [0, 0.05) is 21.3 Å². The minimum absolute atomic E-state index is 0.0536. The lowest BCUT2D eigenvalue weighted by atomic mass is 9.99. The Labute approximate surface area is 125 Å². The van der Waals surface area contributed by atoms with E-state index in [0.29, 0.717) is 16.6 Å². The van der Waals surface area contributed by atoms with Crippen LogP contribution in [-0.4, -0.2) is 5.78 Å². The summed E-state index contributed by atoms with van der Waals surface area (Å²) >= 11 is 3.16. The summed E-state index contributed by atoms with van der Waals surface area (Å²) in [5, 5.41) is 0. The Morgan fingerprint density at radius 3 is 2.33 bits per heavy atom. The highest BCUT2D eigenvalue weighted by molar-refractivity contribution is 9.10. The van der Waals surface area contributed by atoms with Crippen LogP contribution in [0.1, 0.15) is 21.5 Å². The second kappa shape index (κ2) is 5.48. The zero-order chi connectivity index (χ0) is 15.8. The number of hydrogen-bond acceptors (Lipinski definition) is 2. The summed E-state index contributed by atoms with van der Waals surface area (Å²) in [5.74, 6) is -2.13. The van der Waals surface area contributed by atoms with Crippen molar-refractivity contribution in [2.45, 2.75) is 6.18 Å². The predicted molar refractivity (Wildman–Crippen MR) is 73.4 cm³/mol. The lowest BCUT2D eigenvalue weighted by molar-refractivity contribution is -0.140. The molecule has 0 saturated carbocycles. The van der Waals surface area contributed by atoms with Crippen molar-refractivity contribution in [1.82, 2.24) is 0 Å². The first-order valence-electron chi connectivity index (χ1n) is 5.66. The molecule has 2 aromatic rings. The first-order valence-corrected chi connectivity index (χ1v) is 6.46. The van der Waals surface area contributed by atoms with Crippen LogP contribution in [0.5, 0.6) is 0 Å². The molecule has 2 aromatic carbocycles. The fraction of sp³-hybridized carbons (Fsp3) is 0.0714. The number of alkyl halides is 3. The Kier molecular flexibility index (Phi) is 4.04. The second-order valence-corrected chi connectivity index (χ2v) is 5.17. The van der Waals surface area contributed by atoms with Gasteiger partial charge < -0.3 is 5.73 Å². The van der Waals surface area contributed by atoms with E-state index in [2.05, 4.69) is 15.9 Å². The van der Waals surface area contributed by atoms with Gasteiger partial charge in [0.25, 0.3) is 0 Å². The van der Waals surface area contributed by atoms with E-state index in [1.807, 2.05) is 0 Å². The average Bonchev–Trinajstić information content (AvgIpc) is 2.37. The number of rotatable bonds is 2. The smallest absolute Gasteiger partial charge is 0.398 e. The van der Waals surface area contributed by atoms with Crippen molar-refractivity contribution in [2.24, 2.45) is 0 Å². The summed E-state index contributed by atoms with van der Waals surface area (Å²) in [6.45, 7) is 0. The quantitative estimate of drug-likeness (QED) is 0.488. The molecule has 0 radical (unpaired) electrons. The maximum Gasteiger partial charge on any atom is 0.419 e. The summed E-state index contributed by atoms with van der Waals surface area (Å²) in [4.78, 5) is 12.2. The number of carbonyl (C=O) groups excluding carboxylic acids is 1. The average molecular weight is 362 g/mol. The van der Waals surface area contributed by atoms with Gasteiger partial charge in [-0.1, -0.05) is 15.9 Å².